The van der Waals surface area contributed by atoms with Gasteiger partial charge in [0.05, 0.1) is 25.1 Å². The zero-order chi connectivity index (χ0) is 20.4. The highest BCUT2D eigenvalue weighted by molar-refractivity contribution is 6.30. The molecule has 0 fully saturated rings. The van der Waals surface area contributed by atoms with Crippen LogP contribution in [0.4, 0.5) is 5.82 Å². The SMILES string of the molecule is CCOc1ccc([C@@H]2CC(=O)Nc3c2cnn3-c2cccc(Cl)c2)cc1OCC. The number of ether oxygens (including phenoxy) is 2. The van der Waals surface area contributed by atoms with Crippen LogP contribution in [0.2, 0.25) is 5.02 Å². The zero-order valence-electron chi connectivity index (χ0n) is 16.3. The second-order valence-electron chi connectivity index (χ2n) is 6.72. The van der Waals surface area contributed by atoms with Gasteiger partial charge in [0.1, 0.15) is 5.82 Å². The van der Waals surface area contributed by atoms with Crippen molar-refractivity contribution in [3.8, 4) is 17.2 Å². The Morgan fingerprint density at radius 2 is 1.93 bits per heavy atom. The first kappa shape index (κ1) is 19.3. The quantitative estimate of drug-likeness (QED) is 0.632. The Balaban J connectivity index is 1.76. The molecule has 0 saturated carbocycles. The van der Waals surface area contributed by atoms with Gasteiger partial charge >= 0.3 is 0 Å². The number of halogens is 1. The molecule has 0 spiro atoms. The van der Waals surface area contributed by atoms with Crippen molar-refractivity contribution in [2.75, 3.05) is 18.5 Å². The van der Waals surface area contributed by atoms with E-state index >= 15 is 0 Å². The minimum absolute atomic E-state index is 0.0573. The number of hydrogen-bond acceptors (Lipinski definition) is 4. The van der Waals surface area contributed by atoms with E-state index in [4.69, 9.17) is 21.1 Å². The van der Waals surface area contributed by atoms with Gasteiger partial charge in [-0.05, 0) is 49.7 Å². The van der Waals surface area contributed by atoms with Gasteiger partial charge in [-0.1, -0.05) is 23.7 Å². The normalized spacial score (nSPS) is 15.6. The number of carbonyl (C=O) groups excluding carboxylic acids is 1. The number of anilines is 1. The number of hydrogen-bond donors (Lipinski definition) is 1. The number of carbonyl (C=O) groups is 1. The largest absolute Gasteiger partial charge is 0.490 e. The lowest BCUT2D eigenvalue weighted by Crippen LogP contribution is -2.24. The van der Waals surface area contributed by atoms with E-state index in [9.17, 15) is 4.79 Å². The van der Waals surface area contributed by atoms with Crippen molar-refractivity contribution in [1.29, 1.82) is 0 Å². The minimum Gasteiger partial charge on any atom is -0.490 e. The summed E-state index contributed by atoms with van der Waals surface area (Å²) in [6.07, 6.45) is 2.14. The van der Waals surface area contributed by atoms with E-state index in [-0.39, 0.29) is 11.8 Å². The molecule has 1 N–H and O–H groups in total. The van der Waals surface area contributed by atoms with Gasteiger partial charge in [0.25, 0.3) is 0 Å². The van der Waals surface area contributed by atoms with Gasteiger partial charge in [0.2, 0.25) is 5.91 Å². The first-order chi connectivity index (χ1) is 14.1. The predicted octanol–water partition coefficient (Wildman–Crippen LogP) is 4.80. The third-order valence-corrected chi connectivity index (χ3v) is 5.08. The van der Waals surface area contributed by atoms with E-state index in [1.807, 2.05) is 50.2 Å². The number of nitrogens with zero attached hydrogens (tertiary/aromatic N) is 2. The molecule has 3 aromatic rings. The maximum Gasteiger partial charge on any atom is 0.226 e. The number of aromatic nitrogens is 2. The Kier molecular flexibility index (Phi) is 5.45. The van der Waals surface area contributed by atoms with Crippen molar-refractivity contribution in [2.45, 2.75) is 26.2 Å². The maximum atomic E-state index is 12.5. The third kappa shape index (κ3) is 3.80. The molecule has 29 heavy (non-hydrogen) atoms. The summed E-state index contributed by atoms with van der Waals surface area (Å²) in [5.74, 6) is 1.87. The van der Waals surface area contributed by atoms with E-state index in [1.165, 1.54) is 0 Å². The lowest BCUT2D eigenvalue weighted by Gasteiger charge is -2.24. The first-order valence-electron chi connectivity index (χ1n) is 9.64. The third-order valence-electron chi connectivity index (χ3n) is 4.84. The van der Waals surface area contributed by atoms with Crippen molar-refractivity contribution in [3.05, 3.63) is 64.8 Å². The van der Waals surface area contributed by atoms with Gasteiger partial charge in [-0.3, -0.25) is 4.79 Å². The van der Waals surface area contributed by atoms with Crippen LogP contribution in [0, 0.1) is 0 Å². The molecule has 150 valence electrons. The topological polar surface area (TPSA) is 65.4 Å². The Hall–Kier alpha value is -2.99. The highest BCUT2D eigenvalue weighted by Gasteiger charge is 2.31. The predicted molar refractivity (Wildman–Crippen MR) is 112 cm³/mol. The zero-order valence-corrected chi connectivity index (χ0v) is 17.1. The van der Waals surface area contributed by atoms with E-state index in [1.54, 1.807) is 16.9 Å². The van der Waals surface area contributed by atoms with Crippen LogP contribution in [0.3, 0.4) is 0 Å². The fourth-order valence-electron chi connectivity index (χ4n) is 3.61. The lowest BCUT2D eigenvalue weighted by atomic mass is 9.87. The van der Waals surface area contributed by atoms with Gasteiger partial charge < -0.3 is 14.8 Å². The van der Waals surface area contributed by atoms with Crippen molar-refractivity contribution >= 4 is 23.3 Å². The maximum absolute atomic E-state index is 12.5. The standard InChI is InChI=1S/C22H22ClN3O3/c1-3-28-19-9-8-14(10-20(19)29-4-2)17-12-21(27)25-22-18(17)13-24-26(22)16-7-5-6-15(23)11-16/h5-11,13,17H,3-4,12H2,1-2H3,(H,25,27)/t17-/m0/s1. The summed E-state index contributed by atoms with van der Waals surface area (Å²) in [7, 11) is 0. The van der Waals surface area contributed by atoms with Crippen LogP contribution in [0.15, 0.2) is 48.7 Å². The summed E-state index contributed by atoms with van der Waals surface area (Å²) >= 11 is 6.13. The average molecular weight is 412 g/mol. The van der Waals surface area contributed by atoms with Crippen molar-refractivity contribution < 1.29 is 14.3 Å². The second kappa shape index (κ2) is 8.17. The van der Waals surface area contributed by atoms with Crippen LogP contribution in [-0.2, 0) is 4.79 Å². The Bertz CT molecular complexity index is 1050. The van der Waals surface area contributed by atoms with Gasteiger partial charge in [-0.25, -0.2) is 4.68 Å². The minimum atomic E-state index is -0.124. The van der Waals surface area contributed by atoms with E-state index in [0.29, 0.717) is 42.0 Å². The Morgan fingerprint density at radius 1 is 1.14 bits per heavy atom. The van der Waals surface area contributed by atoms with Crippen molar-refractivity contribution in [3.63, 3.8) is 0 Å². The molecule has 0 saturated heterocycles. The monoisotopic (exact) mass is 411 g/mol. The van der Waals surface area contributed by atoms with Crippen LogP contribution in [-0.4, -0.2) is 28.9 Å². The molecule has 0 unspecified atom stereocenters. The first-order valence-corrected chi connectivity index (χ1v) is 10.0. The number of amides is 1. The smallest absolute Gasteiger partial charge is 0.226 e. The molecule has 4 rings (SSSR count). The molecule has 0 bridgehead atoms. The molecule has 1 aromatic heterocycles. The summed E-state index contributed by atoms with van der Waals surface area (Å²) in [5.41, 5.74) is 2.73. The molecular formula is C22H22ClN3O3. The van der Waals surface area contributed by atoms with Gasteiger partial charge in [0.15, 0.2) is 11.5 Å². The molecule has 2 aromatic carbocycles. The summed E-state index contributed by atoms with van der Waals surface area (Å²) in [5, 5.41) is 8.08. The van der Waals surface area contributed by atoms with Crippen LogP contribution in [0.5, 0.6) is 11.5 Å². The van der Waals surface area contributed by atoms with Gasteiger partial charge in [-0.15, -0.1) is 0 Å². The molecule has 0 aliphatic carbocycles. The fourth-order valence-corrected chi connectivity index (χ4v) is 3.79. The molecule has 1 aliphatic rings. The molecule has 0 radical (unpaired) electrons. The molecule has 6 nitrogen and oxygen atoms in total. The molecule has 1 atom stereocenters. The highest BCUT2D eigenvalue weighted by Crippen LogP contribution is 2.41. The van der Waals surface area contributed by atoms with Gasteiger partial charge in [-0.2, -0.15) is 5.10 Å². The Labute approximate surface area is 174 Å². The molecule has 1 amide bonds. The lowest BCUT2D eigenvalue weighted by molar-refractivity contribution is -0.116. The molecular weight excluding hydrogens is 390 g/mol. The molecule has 7 heteroatoms. The van der Waals surface area contributed by atoms with Crippen LogP contribution in [0.1, 0.15) is 37.3 Å². The van der Waals surface area contributed by atoms with Crippen LogP contribution >= 0.6 is 11.6 Å². The number of rotatable bonds is 6. The summed E-state index contributed by atoms with van der Waals surface area (Å²) in [6.45, 7) is 4.96. The van der Waals surface area contributed by atoms with Gasteiger partial charge in [0, 0.05) is 22.9 Å². The summed E-state index contributed by atoms with van der Waals surface area (Å²) in [4.78, 5) is 12.5. The van der Waals surface area contributed by atoms with E-state index in [0.717, 1.165) is 16.8 Å². The number of fused-ring (bicyclic) bond motifs is 1. The second-order valence-corrected chi connectivity index (χ2v) is 7.15. The van der Waals surface area contributed by atoms with E-state index < -0.39 is 0 Å². The number of nitrogens with one attached hydrogen (secondary N) is 1. The molecule has 2 heterocycles. The number of benzene rings is 2. The average Bonchev–Trinajstić information content (AvgIpc) is 3.13. The highest BCUT2D eigenvalue weighted by atomic mass is 35.5. The van der Waals surface area contributed by atoms with Crippen LogP contribution in [0.25, 0.3) is 5.69 Å². The Morgan fingerprint density at radius 3 is 2.69 bits per heavy atom. The molecule has 1 aliphatic heterocycles. The summed E-state index contributed by atoms with van der Waals surface area (Å²) in [6, 6.07) is 13.2. The van der Waals surface area contributed by atoms with Crippen molar-refractivity contribution in [1.82, 2.24) is 9.78 Å². The van der Waals surface area contributed by atoms with Crippen molar-refractivity contribution in [2.24, 2.45) is 0 Å². The van der Waals surface area contributed by atoms with Crippen LogP contribution < -0.4 is 14.8 Å². The fraction of sp³-hybridized carbons (Fsp3) is 0.273. The van der Waals surface area contributed by atoms with E-state index in [2.05, 4.69) is 10.4 Å². The summed E-state index contributed by atoms with van der Waals surface area (Å²) < 4.78 is 13.1.